The Hall–Kier alpha value is -4.19. The van der Waals surface area contributed by atoms with Crippen LogP contribution in [0.2, 0.25) is 0 Å². The first-order chi connectivity index (χ1) is 15.4. The maximum atomic E-state index is 13.2. The standard InChI is InChI=1S/C23H20N4O5/c1-26-21(30)17-4-2-3-5-18(17)27-20(29)10-12-23(26,27)22(31)32-14-19(28)25-16-8-6-15(7-9-16)11-13-24/h2-9H,10-12,14H2,1H3,(H,25,28). The molecule has 32 heavy (non-hydrogen) atoms. The van der Waals surface area contributed by atoms with E-state index in [9.17, 15) is 19.2 Å². The first kappa shape index (κ1) is 21.1. The van der Waals surface area contributed by atoms with Crippen LogP contribution >= 0.6 is 0 Å². The normalized spacial score (nSPS) is 19.1. The first-order valence-corrected chi connectivity index (χ1v) is 10.0. The topological polar surface area (TPSA) is 120 Å². The Labute approximate surface area is 184 Å². The molecule has 162 valence electrons. The van der Waals surface area contributed by atoms with Crippen LogP contribution in [0.15, 0.2) is 48.5 Å². The van der Waals surface area contributed by atoms with Gasteiger partial charge < -0.3 is 15.0 Å². The zero-order valence-electron chi connectivity index (χ0n) is 17.3. The molecule has 0 aromatic heterocycles. The number of hydrogen-bond acceptors (Lipinski definition) is 6. The number of amides is 3. The van der Waals surface area contributed by atoms with E-state index < -0.39 is 30.1 Å². The molecule has 1 N–H and O–H groups in total. The maximum absolute atomic E-state index is 13.2. The highest BCUT2D eigenvalue weighted by Crippen LogP contribution is 2.44. The third-order valence-corrected chi connectivity index (χ3v) is 5.72. The van der Waals surface area contributed by atoms with Crippen molar-refractivity contribution < 1.29 is 23.9 Å². The van der Waals surface area contributed by atoms with E-state index in [4.69, 9.17) is 10.00 Å². The molecule has 2 aromatic rings. The number of rotatable bonds is 5. The summed E-state index contributed by atoms with van der Waals surface area (Å²) >= 11 is 0. The minimum atomic E-state index is -1.62. The maximum Gasteiger partial charge on any atom is 0.354 e. The summed E-state index contributed by atoms with van der Waals surface area (Å²) in [5.74, 6) is -2.10. The zero-order valence-corrected chi connectivity index (χ0v) is 17.3. The number of nitrogens with one attached hydrogen (secondary N) is 1. The van der Waals surface area contributed by atoms with Gasteiger partial charge in [0.1, 0.15) is 0 Å². The second kappa shape index (κ2) is 8.15. The number of carbonyl (C=O) groups excluding carboxylic acids is 4. The fourth-order valence-electron chi connectivity index (χ4n) is 4.13. The van der Waals surface area contributed by atoms with E-state index in [0.29, 0.717) is 16.9 Å². The second-order valence-corrected chi connectivity index (χ2v) is 7.58. The predicted molar refractivity (Wildman–Crippen MR) is 113 cm³/mol. The fourth-order valence-corrected chi connectivity index (χ4v) is 4.13. The molecule has 0 saturated carbocycles. The molecule has 0 bridgehead atoms. The van der Waals surface area contributed by atoms with Crippen molar-refractivity contribution in [3.8, 4) is 6.07 Å². The zero-order chi connectivity index (χ0) is 22.9. The molecule has 9 heteroatoms. The molecule has 2 aromatic carbocycles. The molecular weight excluding hydrogens is 412 g/mol. The third kappa shape index (κ3) is 3.36. The Morgan fingerprint density at radius 1 is 1.16 bits per heavy atom. The Morgan fingerprint density at radius 3 is 2.59 bits per heavy atom. The highest BCUT2D eigenvalue weighted by atomic mass is 16.5. The van der Waals surface area contributed by atoms with Gasteiger partial charge in [0, 0.05) is 25.6 Å². The van der Waals surface area contributed by atoms with Gasteiger partial charge in [-0.1, -0.05) is 24.3 Å². The molecule has 1 atom stereocenters. The molecule has 0 radical (unpaired) electrons. The van der Waals surface area contributed by atoms with E-state index in [1.165, 1.54) is 16.8 Å². The minimum absolute atomic E-state index is 0.0717. The number of para-hydroxylation sites is 1. The highest BCUT2D eigenvalue weighted by Gasteiger charge is 2.60. The van der Waals surface area contributed by atoms with Crippen molar-refractivity contribution in [1.29, 1.82) is 5.26 Å². The fraction of sp³-hybridized carbons (Fsp3) is 0.261. The molecule has 2 aliphatic rings. The summed E-state index contributed by atoms with van der Waals surface area (Å²) in [6.45, 7) is -0.577. The predicted octanol–water partition coefficient (Wildman–Crippen LogP) is 1.84. The molecule has 1 saturated heterocycles. The van der Waals surface area contributed by atoms with Gasteiger partial charge in [0.2, 0.25) is 11.6 Å². The molecule has 2 heterocycles. The average molecular weight is 432 g/mol. The van der Waals surface area contributed by atoms with Crippen molar-refractivity contribution in [2.75, 3.05) is 23.9 Å². The van der Waals surface area contributed by atoms with Gasteiger partial charge >= 0.3 is 5.97 Å². The van der Waals surface area contributed by atoms with Gasteiger partial charge in [-0.15, -0.1) is 0 Å². The number of ether oxygens (including phenoxy) is 1. The largest absolute Gasteiger partial charge is 0.452 e. The molecule has 2 aliphatic heterocycles. The molecule has 0 spiro atoms. The van der Waals surface area contributed by atoms with Crippen molar-refractivity contribution in [3.05, 3.63) is 59.7 Å². The molecule has 0 aliphatic carbocycles. The van der Waals surface area contributed by atoms with Crippen molar-refractivity contribution in [2.24, 2.45) is 0 Å². The summed E-state index contributed by atoms with van der Waals surface area (Å²) < 4.78 is 5.28. The van der Waals surface area contributed by atoms with E-state index in [1.807, 2.05) is 6.07 Å². The number of fused-ring (bicyclic) bond motifs is 3. The summed E-state index contributed by atoms with van der Waals surface area (Å²) in [6, 6.07) is 15.4. The average Bonchev–Trinajstić information content (AvgIpc) is 3.16. The van der Waals surface area contributed by atoms with Gasteiger partial charge in [0.15, 0.2) is 6.61 Å². The number of hydrogen-bond donors (Lipinski definition) is 1. The molecule has 9 nitrogen and oxygen atoms in total. The number of benzene rings is 2. The van der Waals surface area contributed by atoms with Crippen LogP contribution in [0.5, 0.6) is 0 Å². The minimum Gasteiger partial charge on any atom is -0.452 e. The second-order valence-electron chi connectivity index (χ2n) is 7.58. The summed E-state index contributed by atoms with van der Waals surface area (Å²) in [5.41, 5.74) is 0.361. The number of carbonyl (C=O) groups is 4. The highest BCUT2D eigenvalue weighted by molar-refractivity contribution is 6.15. The van der Waals surface area contributed by atoms with Crippen LogP contribution in [0.4, 0.5) is 11.4 Å². The van der Waals surface area contributed by atoms with E-state index in [0.717, 1.165) is 5.56 Å². The monoisotopic (exact) mass is 432 g/mol. The van der Waals surface area contributed by atoms with Crippen LogP contribution in [0.1, 0.15) is 28.8 Å². The van der Waals surface area contributed by atoms with Crippen LogP contribution in [-0.4, -0.2) is 47.9 Å². The van der Waals surface area contributed by atoms with Crippen LogP contribution in [0.25, 0.3) is 0 Å². The Balaban J connectivity index is 1.50. The van der Waals surface area contributed by atoms with E-state index in [2.05, 4.69) is 5.32 Å². The molecule has 4 rings (SSSR count). The SMILES string of the molecule is CN1C(=O)c2ccccc2N2C(=O)CCC12C(=O)OCC(=O)Nc1ccc(CC#N)cc1. The molecule has 1 fully saturated rings. The van der Waals surface area contributed by atoms with Gasteiger partial charge in [0.05, 0.1) is 23.7 Å². The van der Waals surface area contributed by atoms with Crippen LogP contribution in [0, 0.1) is 11.3 Å². The Kier molecular flexibility index (Phi) is 5.36. The van der Waals surface area contributed by atoms with Crippen molar-refractivity contribution in [2.45, 2.75) is 24.9 Å². The molecular formula is C23H20N4O5. The van der Waals surface area contributed by atoms with Crippen molar-refractivity contribution in [3.63, 3.8) is 0 Å². The lowest BCUT2D eigenvalue weighted by Gasteiger charge is -2.46. The van der Waals surface area contributed by atoms with Gasteiger partial charge in [0.25, 0.3) is 11.8 Å². The number of likely N-dealkylation sites (N-methyl/N-ethyl adjacent to an activating group) is 1. The number of esters is 1. The number of anilines is 2. The van der Waals surface area contributed by atoms with Crippen LogP contribution in [-0.2, 0) is 25.5 Å². The van der Waals surface area contributed by atoms with E-state index in [-0.39, 0.29) is 25.2 Å². The molecule has 1 unspecified atom stereocenters. The Bertz CT molecular complexity index is 1150. The Morgan fingerprint density at radius 2 is 1.88 bits per heavy atom. The van der Waals surface area contributed by atoms with E-state index >= 15 is 0 Å². The quantitative estimate of drug-likeness (QED) is 0.720. The van der Waals surface area contributed by atoms with Gasteiger partial charge in [-0.05, 0) is 29.8 Å². The van der Waals surface area contributed by atoms with Crippen LogP contribution < -0.4 is 10.2 Å². The third-order valence-electron chi connectivity index (χ3n) is 5.72. The van der Waals surface area contributed by atoms with Gasteiger partial charge in [-0.3, -0.25) is 19.3 Å². The lowest BCUT2D eigenvalue weighted by atomic mass is 9.97. The summed E-state index contributed by atoms with van der Waals surface area (Å²) in [6.07, 6.45) is 0.407. The molecule has 3 amide bonds. The first-order valence-electron chi connectivity index (χ1n) is 10.0. The summed E-state index contributed by atoms with van der Waals surface area (Å²) in [4.78, 5) is 53.6. The van der Waals surface area contributed by atoms with E-state index in [1.54, 1.807) is 48.5 Å². The number of nitriles is 1. The van der Waals surface area contributed by atoms with Gasteiger partial charge in [-0.2, -0.15) is 5.26 Å². The lowest BCUT2D eigenvalue weighted by molar-refractivity contribution is -0.158. The van der Waals surface area contributed by atoms with Gasteiger partial charge in [-0.25, -0.2) is 4.79 Å². The number of nitrogens with zero attached hydrogens (tertiary/aromatic N) is 3. The van der Waals surface area contributed by atoms with Crippen molar-refractivity contribution in [1.82, 2.24) is 4.90 Å². The summed E-state index contributed by atoms with van der Waals surface area (Å²) in [7, 11) is 1.45. The summed E-state index contributed by atoms with van der Waals surface area (Å²) in [5, 5.41) is 11.3. The van der Waals surface area contributed by atoms with Crippen LogP contribution in [0.3, 0.4) is 0 Å². The lowest BCUT2D eigenvalue weighted by Crippen LogP contribution is -2.67. The smallest absolute Gasteiger partial charge is 0.354 e. The van der Waals surface area contributed by atoms with Crippen molar-refractivity contribution >= 4 is 35.1 Å².